The lowest BCUT2D eigenvalue weighted by Gasteiger charge is -2.38. The SMILES string of the molecule is CCOCCN1CCc2cc(OC)c(OC)cc2C1c1ccccc1. The Labute approximate surface area is 150 Å². The monoisotopic (exact) mass is 341 g/mol. The maximum atomic E-state index is 5.60. The summed E-state index contributed by atoms with van der Waals surface area (Å²) in [5.41, 5.74) is 3.93. The van der Waals surface area contributed by atoms with Crippen molar-refractivity contribution >= 4 is 0 Å². The van der Waals surface area contributed by atoms with E-state index in [0.717, 1.165) is 44.2 Å². The highest BCUT2D eigenvalue weighted by Crippen LogP contribution is 2.40. The molecule has 2 aromatic carbocycles. The molecule has 4 nitrogen and oxygen atoms in total. The summed E-state index contributed by atoms with van der Waals surface area (Å²) < 4.78 is 16.6. The largest absolute Gasteiger partial charge is 0.493 e. The molecule has 0 spiro atoms. The first-order valence-electron chi connectivity index (χ1n) is 8.90. The second-order valence-electron chi connectivity index (χ2n) is 6.20. The fraction of sp³-hybridized carbons (Fsp3) is 0.429. The minimum absolute atomic E-state index is 0.213. The molecule has 1 atom stereocenters. The Morgan fingerprint density at radius 2 is 1.76 bits per heavy atom. The van der Waals surface area contributed by atoms with Gasteiger partial charge in [0.1, 0.15) is 0 Å². The third-order valence-corrected chi connectivity index (χ3v) is 4.82. The topological polar surface area (TPSA) is 30.9 Å². The van der Waals surface area contributed by atoms with Crippen molar-refractivity contribution in [3.8, 4) is 11.5 Å². The van der Waals surface area contributed by atoms with E-state index in [-0.39, 0.29) is 6.04 Å². The molecule has 134 valence electrons. The van der Waals surface area contributed by atoms with Crippen molar-refractivity contribution in [3.05, 3.63) is 59.2 Å². The van der Waals surface area contributed by atoms with Crippen LogP contribution in [0.4, 0.5) is 0 Å². The van der Waals surface area contributed by atoms with E-state index in [9.17, 15) is 0 Å². The van der Waals surface area contributed by atoms with Gasteiger partial charge in [-0.1, -0.05) is 30.3 Å². The lowest BCUT2D eigenvalue weighted by Crippen LogP contribution is -2.38. The van der Waals surface area contributed by atoms with E-state index in [4.69, 9.17) is 14.2 Å². The zero-order valence-corrected chi connectivity index (χ0v) is 15.3. The van der Waals surface area contributed by atoms with Crippen LogP contribution in [-0.4, -0.2) is 45.4 Å². The zero-order chi connectivity index (χ0) is 17.6. The summed E-state index contributed by atoms with van der Waals surface area (Å²) in [6.07, 6.45) is 1.01. The highest BCUT2D eigenvalue weighted by Gasteiger charge is 2.30. The molecule has 0 radical (unpaired) electrons. The minimum atomic E-state index is 0.213. The molecule has 3 rings (SSSR count). The first kappa shape index (κ1) is 17.8. The number of fused-ring (bicyclic) bond motifs is 1. The van der Waals surface area contributed by atoms with Crippen molar-refractivity contribution in [3.63, 3.8) is 0 Å². The van der Waals surface area contributed by atoms with Crippen LogP contribution >= 0.6 is 0 Å². The van der Waals surface area contributed by atoms with Gasteiger partial charge in [-0.05, 0) is 42.2 Å². The number of methoxy groups -OCH3 is 2. The van der Waals surface area contributed by atoms with Gasteiger partial charge in [-0.3, -0.25) is 4.90 Å². The summed E-state index contributed by atoms with van der Waals surface area (Å²) in [7, 11) is 3.38. The first-order chi connectivity index (χ1) is 12.3. The Kier molecular flexibility index (Phi) is 5.95. The van der Waals surface area contributed by atoms with Gasteiger partial charge < -0.3 is 14.2 Å². The number of hydrogen-bond donors (Lipinski definition) is 0. The second-order valence-corrected chi connectivity index (χ2v) is 6.20. The van der Waals surface area contributed by atoms with E-state index in [1.54, 1.807) is 14.2 Å². The predicted molar refractivity (Wildman–Crippen MR) is 99.6 cm³/mol. The number of benzene rings is 2. The van der Waals surface area contributed by atoms with E-state index in [1.165, 1.54) is 16.7 Å². The number of nitrogens with zero attached hydrogens (tertiary/aromatic N) is 1. The molecule has 0 N–H and O–H groups in total. The summed E-state index contributed by atoms with van der Waals surface area (Å²) >= 11 is 0. The van der Waals surface area contributed by atoms with Crippen LogP contribution in [-0.2, 0) is 11.2 Å². The Hall–Kier alpha value is -2.04. The maximum absolute atomic E-state index is 5.60. The standard InChI is InChI=1S/C21H27NO3/c1-4-25-13-12-22-11-10-17-14-19(23-2)20(24-3)15-18(17)21(22)16-8-6-5-7-9-16/h5-9,14-15,21H,4,10-13H2,1-3H3. The van der Waals surface area contributed by atoms with Crippen molar-refractivity contribution in [1.29, 1.82) is 0 Å². The lowest BCUT2D eigenvalue weighted by molar-refractivity contribution is 0.0982. The Balaban J connectivity index is 2.01. The van der Waals surface area contributed by atoms with E-state index in [2.05, 4.69) is 47.4 Å². The van der Waals surface area contributed by atoms with Gasteiger partial charge in [0.2, 0.25) is 0 Å². The number of ether oxygens (including phenoxy) is 3. The van der Waals surface area contributed by atoms with Crippen LogP contribution in [0.3, 0.4) is 0 Å². The van der Waals surface area contributed by atoms with Gasteiger partial charge in [0, 0.05) is 19.7 Å². The summed E-state index contributed by atoms with van der Waals surface area (Å²) in [5.74, 6) is 1.59. The van der Waals surface area contributed by atoms with Gasteiger partial charge >= 0.3 is 0 Å². The molecule has 0 bridgehead atoms. The van der Waals surface area contributed by atoms with Crippen molar-refractivity contribution in [2.75, 3.05) is 40.5 Å². The third kappa shape index (κ3) is 3.80. The van der Waals surface area contributed by atoms with Crippen LogP contribution in [0.5, 0.6) is 11.5 Å². The molecular weight excluding hydrogens is 314 g/mol. The van der Waals surface area contributed by atoms with E-state index < -0.39 is 0 Å². The van der Waals surface area contributed by atoms with Crippen LogP contribution in [0.1, 0.15) is 29.7 Å². The van der Waals surface area contributed by atoms with Gasteiger partial charge in [-0.2, -0.15) is 0 Å². The summed E-state index contributed by atoms with van der Waals surface area (Å²) in [4.78, 5) is 2.50. The van der Waals surface area contributed by atoms with E-state index in [1.807, 2.05) is 6.92 Å². The Morgan fingerprint density at radius 1 is 1.04 bits per heavy atom. The average Bonchev–Trinajstić information content (AvgIpc) is 2.67. The van der Waals surface area contributed by atoms with Crippen molar-refractivity contribution in [1.82, 2.24) is 4.90 Å². The van der Waals surface area contributed by atoms with E-state index >= 15 is 0 Å². The van der Waals surface area contributed by atoms with Gasteiger partial charge in [0.25, 0.3) is 0 Å². The third-order valence-electron chi connectivity index (χ3n) is 4.82. The zero-order valence-electron chi connectivity index (χ0n) is 15.3. The summed E-state index contributed by atoms with van der Waals surface area (Å²) in [5, 5.41) is 0. The molecule has 25 heavy (non-hydrogen) atoms. The molecule has 1 aliphatic rings. The quantitative estimate of drug-likeness (QED) is 0.719. The summed E-state index contributed by atoms with van der Waals surface area (Å²) in [6, 6.07) is 15.1. The number of hydrogen-bond acceptors (Lipinski definition) is 4. The van der Waals surface area contributed by atoms with Gasteiger partial charge in [-0.15, -0.1) is 0 Å². The molecule has 0 saturated carbocycles. The smallest absolute Gasteiger partial charge is 0.161 e. The van der Waals surface area contributed by atoms with Gasteiger partial charge in [-0.25, -0.2) is 0 Å². The molecule has 0 amide bonds. The van der Waals surface area contributed by atoms with Crippen molar-refractivity contribution in [2.45, 2.75) is 19.4 Å². The maximum Gasteiger partial charge on any atom is 0.161 e. The fourth-order valence-electron chi connectivity index (χ4n) is 3.59. The molecule has 2 aromatic rings. The molecule has 0 aliphatic carbocycles. The Bertz CT molecular complexity index is 687. The minimum Gasteiger partial charge on any atom is -0.493 e. The van der Waals surface area contributed by atoms with Crippen molar-refractivity contribution < 1.29 is 14.2 Å². The average molecular weight is 341 g/mol. The van der Waals surface area contributed by atoms with Crippen LogP contribution in [0.15, 0.2) is 42.5 Å². The van der Waals surface area contributed by atoms with Gasteiger partial charge in [0.05, 0.1) is 26.9 Å². The van der Waals surface area contributed by atoms with E-state index in [0.29, 0.717) is 0 Å². The van der Waals surface area contributed by atoms with Gasteiger partial charge in [0.15, 0.2) is 11.5 Å². The van der Waals surface area contributed by atoms with Crippen LogP contribution in [0, 0.1) is 0 Å². The predicted octanol–water partition coefficient (Wildman–Crippen LogP) is 3.69. The molecule has 0 fully saturated rings. The fourth-order valence-corrected chi connectivity index (χ4v) is 3.59. The molecule has 1 unspecified atom stereocenters. The molecular formula is C21H27NO3. The molecule has 1 aliphatic heterocycles. The highest BCUT2D eigenvalue weighted by atomic mass is 16.5. The molecule has 0 aromatic heterocycles. The highest BCUT2D eigenvalue weighted by molar-refractivity contribution is 5.51. The number of rotatable bonds is 7. The Morgan fingerprint density at radius 3 is 2.44 bits per heavy atom. The first-order valence-corrected chi connectivity index (χ1v) is 8.90. The van der Waals surface area contributed by atoms with Crippen molar-refractivity contribution in [2.24, 2.45) is 0 Å². The molecule has 0 saturated heterocycles. The van der Waals surface area contributed by atoms with Crippen LogP contribution in [0.25, 0.3) is 0 Å². The van der Waals surface area contributed by atoms with Crippen LogP contribution < -0.4 is 9.47 Å². The second kappa shape index (κ2) is 8.37. The summed E-state index contributed by atoms with van der Waals surface area (Å²) in [6.45, 7) is 5.47. The lowest BCUT2D eigenvalue weighted by atomic mass is 9.87. The van der Waals surface area contributed by atoms with Crippen LogP contribution in [0.2, 0.25) is 0 Å². The normalized spacial score (nSPS) is 17.2. The molecule has 1 heterocycles. The molecule has 4 heteroatoms.